The van der Waals surface area contributed by atoms with Gasteiger partial charge in [0.2, 0.25) is 5.91 Å². The second-order valence-corrected chi connectivity index (χ2v) is 12.2. The van der Waals surface area contributed by atoms with Crippen molar-refractivity contribution in [3.05, 3.63) is 51.6 Å². The van der Waals surface area contributed by atoms with Crippen molar-refractivity contribution in [1.82, 2.24) is 4.90 Å². The summed E-state index contributed by atoms with van der Waals surface area (Å²) in [6.45, 7) is 0. The number of nitrogens with one attached hydrogen (secondary N) is 2. The second kappa shape index (κ2) is 11.3. The summed E-state index contributed by atoms with van der Waals surface area (Å²) in [5, 5.41) is 38.9. The third kappa shape index (κ3) is 4.85. The number of aromatic hydroxyl groups is 1. The largest absolute Gasteiger partial charge is 0.505 e. The summed E-state index contributed by atoms with van der Waals surface area (Å²) < 4.78 is 0. The van der Waals surface area contributed by atoms with Crippen molar-refractivity contribution in [3.63, 3.8) is 0 Å². The number of phenols is 1. The van der Waals surface area contributed by atoms with Crippen LogP contribution >= 0.6 is 0 Å². The summed E-state index contributed by atoms with van der Waals surface area (Å²) in [4.78, 5) is 93.3. The molecule has 6 N–H and O–H groups in total. The molecule has 5 rings (SSSR count). The van der Waals surface area contributed by atoms with E-state index in [9.17, 15) is 49.1 Å². The van der Waals surface area contributed by atoms with Crippen LogP contribution in [-0.4, -0.2) is 94.9 Å². The Balaban J connectivity index is 1.54. The van der Waals surface area contributed by atoms with Gasteiger partial charge in [-0.2, -0.15) is 0 Å². The number of nitro benzene ring substituents is 1. The molecule has 2 saturated carbocycles. The molecule has 3 aliphatic carbocycles. The minimum Gasteiger partial charge on any atom is -0.505 e. The molecule has 16 nitrogen and oxygen atoms in total. The molecule has 0 saturated heterocycles. The quantitative estimate of drug-likeness (QED) is 0.126. The van der Waals surface area contributed by atoms with E-state index in [0.29, 0.717) is 11.3 Å². The molecule has 242 valence electrons. The minimum atomic E-state index is -2.86. The Morgan fingerprint density at radius 3 is 2.22 bits per heavy atom. The molecule has 0 aliphatic heterocycles. The summed E-state index contributed by atoms with van der Waals surface area (Å²) >= 11 is 0. The van der Waals surface area contributed by atoms with Gasteiger partial charge in [0.25, 0.3) is 5.69 Å². The van der Waals surface area contributed by atoms with Crippen LogP contribution in [0.15, 0.2) is 30.3 Å². The number of hydrogen-bond acceptors (Lipinski definition) is 12. The van der Waals surface area contributed by atoms with Gasteiger partial charge >= 0.3 is 6.03 Å². The van der Waals surface area contributed by atoms with Gasteiger partial charge in [0.1, 0.15) is 5.75 Å². The van der Waals surface area contributed by atoms with Gasteiger partial charge in [0.15, 0.2) is 34.7 Å². The van der Waals surface area contributed by atoms with Crippen molar-refractivity contribution in [2.75, 3.05) is 43.7 Å². The maximum absolute atomic E-state index is 14.1. The monoisotopic (exact) mass is 636 g/mol. The van der Waals surface area contributed by atoms with Crippen molar-refractivity contribution in [2.24, 2.45) is 29.4 Å². The fraction of sp³-hybridized carbons (Fsp3) is 0.400. The van der Waals surface area contributed by atoms with Crippen LogP contribution in [-0.2, 0) is 25.6 Å². The van der Waals surface area contributed by atoms with Crippen molar-refractivity contribution in [1.29, 1.82) is 0 Å². The maximum atomic E-state index is 14.1. The molecule has 3 aliphatic rings. The fourth-order valence-electron chi connectivity index (χ4n) is 7.10. The summed E-state index contributed by atoms with van der Waals surface area (Å²) in [6, 6.07) is 4.33. The van der Waals surface area contributed by atoms with Crippen LogP contribution in [0.5, 0.6) is 5.75 Å². The molecule has 2 unspecified atom stereocenters. The Bertz CT molecular complexity index is 1720. The lowest BCUT2D eigenvalue weighted by molar-refractivity contribution is -0.384. The van der Waals surface area contributed by atoms with Crippen molar-refractivity contribution >= 4 is 57.8 Å². The number of nitrogens with two attached hydrogens (primary N) is 1. The number of ketones is 4. The van der Waals surface area contributed by atoms with Crippen LogP contribution < -0.4 is 21.3 Å². The molecule has 46 heavy (non-hydrogen) atoms. The number of phenolic OH excluding ortho intramolecular Hbond substituents is 1. The average molecular weight is 637 g/mol. The predicted molar refractivity (Wildman–Crippen MR) is 161 cm³/mol. The lowest BCUT2D eigenvalue weighted by Crippen LogP contribution is -2.74. The van der Waals surface area contributed by atoms with Crippen LogP contribution in [0, 0.1) is 33.8 Å². The molecule has 0 radical (unpaired) electrons. The number of benzene rings is 2. The number of carbonyl (C=O) groups excluding carboxylic acids is 6. The van der Waals surface area contributed by atoms with Gasteiger partial charge in [-0.25, -0.2) is 4.79 Å². The number of anilines is 3. The van der Waals surface area contributed by atoms with Crippen LogP contribution in [0.2, 0.25) is 0 Å². The van der Waals surface area contributed by atoms with Crippen LogP contribution in [0.1, 0.15) is 22.3 Å². The SMILES string of the molecule is CN(C)c1cc(NC(=O)Nc2ccc([N+](=O)[O-])cc2)c(O)c2c1C[C@@H]1C[C@@H]3[C@@H](N(C)C)C(=O)C(C(N)=O)C(=O)[C@]3(O)C(=O)C1C2=O. The van der Waals surface area contributed by atoms with Gasteiger partial charge in [0.05, 0.1) is 28.1 Å². The number of aliphatic hydroxyl groups is 1. The zero-order valence-corrected chi connectivity index (χ0v) is 25.3. The van der Waals surface area contributed by atoms with E-state index in [0.717, 1.165) is 0 Å². The van der Waals surface area contributed by atoms with E-state index in [2.05, 4.69) is 10.6 Å². The number of amides is 3. The van der Waals surface area contributed by atoms with E-state index >= 15 is 0 Å². The lowest BCUT2D eigenvalue weighted by Gasteiger charge is -2.52. The van der Waals surface area contributed by atoms with E-state index in [1.807, 2.05) is 0 Å². The summed E-state index contributed by atoms with van der Waals surface area (Å²) in [6.07, 6.45) is -0.0582. The fourth-order valence-corrected chi connectivity index (χ4v) is 7.10. The minimum absolute atomic E-state index is 0.0438. The second-order valence-electron chi connectivity index (χ2n) is 12.2. The first kappa shape index (κ1) is 32.2. The van der Waals surface area contributed by atoms with Gasteiger partial charge in [0, 0.05) is 43.5 Å². The number of nitro groups is 1. The van der Waals surface area contributed by atoms with Gasteiger partial charge in [-0.05, 0) is 56.6 Å². The Kier molecular flexibility index (Phi) is 7.90. The zero-order valence-electron chi connectivity index (χ0n) is 25.3. The molecular weight excluding hydrogens is 604 g/mol. The number of rotatable bonds is 6. The molecule has 3 amide bonds. The summed E-state index contributed by atoms with van der Waals surface area (Å²) in [5.74, 6) is -12.0. The number of fused-ring (bicyclic) bond motifs is 3. The third-order valence-electron chi connectivity index (χ3n) is 9.10. The number of non-ortho nitro benzene ring substituents is 1. The first-order valence-electron chi connectivity index (χ1n) is 14.2. The van der Waals surface area contributed by atoms with E-state index in [-0.39, 0.29) is 35.5 Å². The summed E-state index contributed by atoms with van der Waals surface area (Å²) in [7, 11) is 6.34. The van der Waals surface area contributed by atoms with Crippen molar-refractivity contribution < 1.29 is 43.9 Å². The molecule has 0 aromatic heterocycles. The normalized spacial score (nSPS) is 27.0. The molecule has 0 heterocycles. The third-order valence-corrected chi connectivity index (χ3v) is 9.10. The molecule has 2 aromatic carbocycles. The summed E-state index contributed by atoms with van der Waals surface area (Å²) in [5.41, 5.74) is 2.79. The maximum Gasteiger partial charge on any atom is 0.323 e. The van der Waals surface area contributed by atoms with Crippen LogP contribution in [0.4, 0.5) is 27.5 Å². The van der Waals surface area contributed by atoms with Gasteiger partial charge < -0.3 is 31.5 Å². The number of Topliss-reactive ketones (excluding diaryl/α,β-unsaturated/α-hetero) is 4. The van der Waals surface area contributed by atoms with Crippen LogP contribution in [0.25, 0.3) is 0 Å². The van der Waals surface area contributed by atoms with E-state index in [4.69, 9.17) is 5.73 Å². The molecule has 6 atom stereocenters. The van der Waals surface area contributed by atoms with E-state index in [1.165, 1.54) is 49.3 Å². The highest BCUT2D eigenvalue weighted by Crippen LogP contribution is 2.52. The van der Waals surface area contributed by atoms with E-state index in [1.54, 1.807) is 19.0 Å². The molecule has 2 aromatic rings. The topological polar surface area (TPSA) is 243 Å². The standard InChI is InChI=1S/C30H32N6O10/c1-34(2)18-11-17(33-29(43)32-13-5-7-14(8-6-13)36(45)46)23(37)20-15(18)9-12-10-16-22(35(3)4)25(39)21(28(31)42)27(41)30(16,44)26(40)19(12)24(20)38/h5-8,11-12,16,19,21-22,37,44H,9-10H2,1-4H3,(H2,31,42)(H2,32,33,43)/t12-,16-,19?,21?,22-,30-/m1/s1. The Hall–Kier alpha value is -5.22. The molecular formula is C30H32N6O10. The first-order valence-corrected chi connectivity index (χ1v) is 14.2. The van der Waals surface area contributed by atoms with Crippen molar-refractivity contribution in [3.8, 4) is 5.75 Å². The Morgan fingerprint density at radius 2 is 1.67 bits per heavy atom. The van der Waals surface area contributed by atoms with Crippen molar-refractivity contribution in [2.45, 2.75) is 24.5 Å². The van der Waals surface area contributed by atoms with Gasteiger partial charge in [-0.15, -0.1) is 0 Å². The van der Waals surface area contributed by atoms with Gasteiger partial charge in [-0.1, -0.05) is 0 Å². The number of hydrogen-bond donors (Lipinski definition) is 5. The first-order chi connectivity index (χ1) is 21.5. The van der Waals surface area contributed by atoms with E-state index < -0.39 is 81.1 Å². The Labute approximate surface area is 261 Å². The van der Waals surface area contributed by atoms with Crippen LogP contribution in [0.3, 0.4) is 0 Å². The smallest absolute Gasteiger partial charge is 0.323 e. The average Bonchev–Trinajstić information content (AvgIpc) is 2.96. The molecule has 0 bridgehead atoms. The Morgan fingerprint density at radius 1 is 1.04 bits per heavy atom. The zero-order chi connectivity index (χ0) is 34.0. The highest BCUT2D eigenvalue weighted by molar-refractivity contribution is 6.32. The highest BCUT2D eigenvalue weighted by atomic mass is 16.6. The molecule has 0 spiro atoms. The van der Waals surface area contributed by atoms with Gasteiger partial charge in [-0.3, -0.25) is 39.0 Å². The lowest BCUT2D eigenvalue weighted by atomic mass is 9.52. The molecule has 2 fully saturated rings. The number of likely N-dealkylation sites (N-methyl/N-ethyl adjacent to an activating group) is 1. The number of carbonyl (C=O) groups is 6. The molecule has 16 heteroatoms. The highest BCUT2D eigenvalue weighted by Gasteiger charge is 2.69. The number of urea groups is 1. The predicted octanol–water partition coefficient (Wildman–Crippen LogP) is 0.485. The number of primary amides is 1. The number of nitrogens with zero attached hydrogens (tertiary/aromatic N) is 3.